The Bertz CT molecular complexity index is 1200. The average Bonchev–Trinajstić information content (AvgIpc) is 2.93. The Morgan fingerprint density at radius 3 is 2.38 bits per heavy atom. The monoisotopic (exact) mass is 478 g/mol. The van der Waals surface area contributed by atoms with E-state index in [0.29, 0.717) is 16.1 Å². The molecule has 1 aliphatic rings. The molecule has 2 aromatic rings. The normalized spacial score (nSPS) is 18.8. The second-order valence-electron chi connectivity index (χ2n) is 7.77. The summed E-state index contributed by atoms with van der Waals surface area (Å²) in [6.45, 7) is 2.72. The van der Waals surface area contributed by atoms with Crippen molar-refractivity contribution in [2.75, 3.05) is 26.0 Å². The van der Waals surface area contributed by atoms with E-state index in [1.54, 1.807) is 44.2 Å². The van der Waals surface area contributed by atoms with Gasteiger partial charge in [-0.1, -0.05) is 29.8 Å². The number of sulfonamides is 1. The summed E-state index contributed by atoms with van der Waals surface area (Å²) in [5.74, 6) is -1.23. The first kappa shape index (κ1) is 23.7. The van der Waals surface area contributed by atoms with Crippen LogP contribution < -0.4 is 10.6 Å². The van der Waals surface area contributed by atoms with Crippen molar-refractivity contribution < 1.29 is 22.8 Å². The van der Waals surface area contributed by atoms with Crippen LogP contribution in [0.4, 0.5) is 10.5 Å². The Morgan fingerprint density at radius 1 is 1.16 bits per heavy atom. The van der Waals surface area contributed by atoms with Gasteiger partial charge in [0.25, 0.3) is 5.91 Å². The van der Waals surface area contributed by atoms with Crippen molar-refractivity contribution in [1.82, 2.24) is 14.5 Å². The summed E-state index contributed by atoms with van der Waals surface area (Å²) in [7, 11) is -0.886. The molecule has 2 N–H and O–H groups in total. The van der Waals surface area contributed by atoms with E-state index in [0.717, 1.165) is 9.21 Å². The second-order valence-corrected chi connectivity index (χ2v) is 10.4. The molecule has 0 spiro atoms. The van der Waals surface area contributed by atoms with E-state index in [1.165, 1.54) is 26.2 Å². The Labute approximate surface area is 191 Å². The van der Waals surface area contributed by atoms with E-state index in [1.807, 2.05) is 0 Å². The number of nitrogens with zero attached hydrogens (tertiary/aromatic N) is 2. The third kappa shape index (κ3) is 4.34. The van der Waals surface area contributed by atoms with Crippen LogP contribution in [-0.4, -0.2) is 56.1 Å². The summed E-state index contributed by atoms with van der Waals surface area (Å²) in [5.41, 5.74) is 0.0858. The quantitative estimate of drug-likeness (QED) is 0.618. The van der Waals surface area contributed by atoms with Gasteiger partial charge in [-0.3, -0.25) is 14.5 Å². The molecular formula is C21H23ClN4O5S. The molecule has 0 radical (unpaired) electrons. The number of nitrogens with one attached hydrogen (secondary N) is 2. The zero-order valence-electron chi connectivity index (χ0n) is 18.0. The highest BCUT2D eigenvalue weighted by atomic mass is 35.5. The predicted octanol–water partition coefficient (Wildman–Crippen LogP) is 2.30. The number of carbonyl (C=O) groups is 3. The van der Waals surface area contributed by atoms with Crippen LogP contribution in [0, 0.1) is 6.92 Å². The van der Waals surface area contributed by atoms with Crippen molar-refractivity contribution in [2.45, 2.75) is 24.3 Å². The maximum absolute atomic E-state index is 13.0. The summed E-state index contributed by atoms with van der Waals surface area (Å²) in [5, 5.41) is 5.69. The number of rotatable bonds is 6. The van der Waals surface area contributed by atoms with Gasteiger partial charge in [0.15, 0.2) is 0 Å². The minimum Gasteiger partial charge on any atom is -0.324 e. The fraction of sp³-hybridized carbons (Fsp3) is 0.286. The number of aryl methyl sites for hydroxylation is 1. The number of anilines is 1. The topological polar surface area (TPSA) is 116 Å². The number of urea groups is 1. The molecule has 1 saturated heterocycles. The Hall–Kier alpha value is -2.95. The van der Waals surface area contributed by atoms with Gasteiger partial charge in [-0.05, 0) is 49.2 Å². The summed E-state index contributed by atoms with van der Waals surface area (Å²) in [6.07, 6.45) is 0. The van der Waals surface area contributed by atoms with Crippen molar-refractivity contribution in [3.05, 3.63) is 58.6 Å². The van der Waals surface area contributed by atoms with Gasteiger partial charge >= 0.3 is 6.03 Å². The molecular weight excluding hydrogens is 456 g/mol. The Kier molecular flexibility index (Phi) is 6.32. The van der Waals surface area contributed by atoms with Gasteiger partial charge < -0.3 is 10.6 Å². The highest BCUT2D eigenvalue weighted by Crippen LogP contribution is 2.30. The number of carbonyl (C=O) groups excluding carboxylic acids is 3. The van der Waals surface area contributed by atoms with E-state index in [2.05, 4.69) is 10.6 Å². The van der Waals surface area contributed by atoms with Crippen LogP contribution in [0.25, 0.3) is 0 Å². The number of halogens is 1. The maximum atomic E-state index is 13.0. The molecule has 0 saturated carbocycles. The van der Waals surface area contributed by atoms with Crippen LogP contribution in [0.5, 0.6) is 0 Å². The van der Waals surface area contributed by atoms with E-state index in [4.69, 9.17) is 11.6 Å². The van der Waals surface area contributed by atoms with Crippen LogP contribution in [0.2, 0.25) is 5.02 Å². The Morgan fingerprint density at radius 2 is 1.78 bits per heavy atom. The number of amides is 4. The van der Waals surface area contributed by atoms with Crippen molar-refractivity contribution >= 4 is 45.2 Å². The smallest absolute Gasteiger partial charge is 0.324 e. The second kappa shape index (κ2) is 8.53. The van der Waals surface area contributed by atoms with Crippen LogP contribution >= 0.6 is 11.6 Å². The number of imide groups is 1. The standard InChI is InChI=1S/C21H23ClN4O5S/c1-13-5-10-16(32(30,31)25(3)4)11-17(13)23-18(27)12-26-19(28)21(2,24-20(26)29)14-6-8-15(22)9-7-14/h5-11H,12H2,1-4H3,(H,23,27)(H,24,29)/t21-/m0/s1. The third-order valence-corrected chi connectivity index (χ3v) is 7.32. The van der Waals surface area contributed by atoms with Crippen LogP contribution in [0.15, 0.2) is 47.4 Å². The molecule has 32 heavy (non-hydrogen) atoms. The highest BCUT2D eigenvalue weighted by molar-refractivity contribution is 7.89. The lowest BCUT2D eigenvalue weighted by Crippen LogP contribution is -2.42. The van der Waals surface area contributed by atoms with Crippen molar-refractivity contribution in [3.63, 3.8) is 0 Å². The number of hydrogen-bond donors (Lipinski definition) is 2. The maximum Gasteiger partial charge on any atom is 0.325 e. The highest BCUT2D eigenvalue weighted by Gasteiger charge is 2.49. The molecule has 1 heterocycles. The van der Waals surface area contributed by atoms with Crippen LogP contribution in [0.3, 0.4) is 0 Å². The van der Waals surface area contributed by atoms with Gasteiger partial charge in [-0.2, -0.15) is 0 Å². The van der Waals surface area contributed by atoms with Crippen molar-refractivity contribution in [3.8, 4) is 0 Å². The largest absolute Gasteiger partial charge is 0.325 e. The van der Waals surface area contributed by atoms with Crippen LogP contribution in [-0.2, 0) is 25.2 Å². The zero-order valence-corrected chi connectivity index (χ0v) is 19.5. The first-order chi connectivity index (χ1) is 14.9. The summed E-state index contributed by atoms with van der Waals surface area (Å²) in [6, 6.07) is 10.1. The molecule has 1 fully saturated rings. The van der Waals surface area contributed by atoms with Crippen molar-refractivity contribution in [1.29, 1.82) is 0 Å². The van der Waals surface area contributed by atoms with E-state index in [9.17, 15) is 22.8 Å². The molecule has 0 unspecified atom stereocenters. The molecule has 4 amide bonds. The number of benzene rings is 2. The fourth-order valence-corrected chi connectivity index (χ4v) is 4.31. The summed E-state index contributed by atoms with van der Waals surface area (Å²) < 4.78 is 25.8. The molecule has 0 aromatic heterocycles. The van der Waals surface area contributed by atoms with E-state index < -0.39 is 40.0 Å². The molecule has 11 heteroatoms. The molecule has 1 aliphatic heterocycles. The van der Waals surface area contributed by atoms with Crippen LogP contribution in [0.1, 0.15) is 18.1 Å². The molecule has 170 valence electrons. The van der Waals surface area contributed by atoms with Gasteiger partial charge in [0.1, 0.15) is 12.1 Å². The van der Waals surface area contributed by atoms with Crippen molar-refractivity contribution in [2.24, 2.45) is 0 Å². The average molecular weight is 479 g/mol. The molecule has 1 atom stereocenters. The van der Waals surface area contributed by atoms with Gasteiger partial charge in [0.2, 0.25) is 15.9 Å². The van der Waals surface area contributed by atoms with Gasteiger partial charge in [-0.25, -0.2) is 17.5 Å². The lowest BCUT2D eigenvalue weighted by atomic mass is 9.92. The minimum absolute atomic E-state index is 0.00806. The molecule has 3 rings (SSSR count). The zero-order chi connectivity index (χ0) is 23.8. The van der Waals surface area contributed by atoms with Gasteiger partial charge in [0.05, 0.1) is 4.90 Å². The van der Waals surface area contributed by atoms with Gasteiger partial charge in [0, 0.05) is 24.8 Å². The SMILES string of the molecule is Cc1ccc(S(=O)(=O)N(C)C)cc1NC(=O)CN1C(=O)N[C@@](C)(c2ccc(Cl)cc2)C1=O. The lowest BCUT2D eigenvalue weighted by Gasteiger charge is -2.22. The van der Waals surface area contributed by atoms with Gasteiger partial charge in [-0.15, -0.1) is 0 Å². The Balaban J connectivity index is 1.79. The first-order valence-electron chi connectivity index (χ1n) is 9.59. The third-order valence-electron chi connectivity index (χ3n) is 5.26. The molecule has 2 aromatic carbocycles. The predicted molar refractivity (Wildman–Crippen MR) is 120 cm³/mol. The lowest BCUT2D eigenvalue weighted by molar-refractivity contribution is -0.133. The summed E-state index contributed by atoms with van der Waals surface area (Å²) >= 11 is 5.90. The summed E-state index contributed by atoms with van der Waals surface area (Å²) in [4.78, 5) is 38.9. The minimum atomic E-state index is -3.70. The number of hydrogen-bond acceptors (Lipinski definition) is 5. The molecule has 9 nitrogen and oxygen atoms in total. The molecule has 0 aliphatic carbocycles. The first-order valence-corrected chi connectivity index (χ1v) is 11.4. The van der Waals surface area contributed by atoms with E-state index >= 15 is 0 Å². The van der Waals surface area contributed by atoms with E-state index in [-0.39, 0.29) is 10.6 Å². The molecule has 0 bridgehead atoms. The fourth-order valence-electron chi connectivity index (χ4n) is 3.26.